The molecule has 0 saturated carbocycles. The van der Waals surface area contributed by atoms with E-state index in [1.165, 1.54) is 12.0 Å². The number of esters is 1. The summed E-state index contributed by atoms with van der Waals surface area (Å²) in [6, 6.07) is -0.329. The summed E-state index contributed by atoms with van der Waals surface area (Å²) in [5.41, 5.74) is 0. The molecule has 0 radical (unpaired) electrons. The van der Waals surface area contributed by atoms with Crippen LogP contribution >= 0.6 is 0 Å². The number of piperidine rings is 1. The van der Waals surface area contributed by atoms with Crippen molar-refractivity contribution in [3.63, 3.8) is 0 Å². The quantitative estimate of drug-likeness (QED) is 0.695. The monoisotopic (exact) mass is 258 g/mol. The highest BCUT2D eigenvalue weighted by Gasteiger charge is 2.27. The number of carbonyl (C=O) groups is 3. The van der Waals surface area contributed by atoms with E-state index in [0.29, 0.717) is 19.4 Å². The van der Waals surface area contributed by atoms with Crippen LogP contribution in [0.5, 0.6) is 0 Å². The van der Waals surface area contributed by atoms with Crippen LogP contribution in [0.1, 0.15) is 19.3 Å². The summed E-state index contributed by atoms with van der Waals surface area (Å²) in [5, 5.41) is 11.5. The molecule has 1 saturated heterocycles. The number of amides is 2. The second-order valence-electron chi connectivity index (χ2n) is 4.18. The van der Waals surface area contributed by atoms with Gasteiger partial charge in [0.25, 0.3) is 0 Å². The molecule has 0 spiro atoms. The fourth-order valence-corrected chi connectivity index (χ4v) is 1.85. The molecule has 1 rings (SSSR count). The van der Waals surface area contributed by atoms with Gasteiger partial charge in [-0.15, -0.1) is 0 Å². The van der Waals surface area contributed by atoms with Crippen molar-refractivity contribution in [2.24, 2.45) is 5.92 Å². The van der Waals surface area contributed by atoms with Crippen molar-refractivity contribution in [2.75, 3.05) is 26.7 Å². The number of carboxylic acid groups (broad SMARTS) is 1. The Balaban J connectivity index is 2.32. The third-order valence-corrected chi connectivity index (χ3v) is 2.89. The lowest BCUT2D eigenvalue weighted by Gasteiger charge is -2.30. The van der Waals surface area contributed by atoms with Crippen molar-refractivity contribution < 1.29 is 24.2 Å². The largest absolute Gasteiger partial charge is 0.481 e. The van der Waals surface area contributed by atoms with Crippen LogP contribution in [-0.2, 0) is 14.3 Å². The minimum absolute atomic E-state index is 0.110. The second-order valence-corrected chi connectivity index (χ2v) is 4.18. The molecule has 1 aliphatic heterocycles. The zero-order chi connectivity index (χ0) is 13.5. The Labute approximate surface area is 105 Å². The van der Waals surface area contributed by atoms with E-state index in [-0.39, 0.29) is 25.5 Å². The summed E-state index contributed by atoms with van der Waals surface area (Å²) < 4.78 is 4.44. The summed E-state index contributed by atoms with van der Waals surface area (Å²) in [6.45, 7) is 0.965. The molecular weight excluding hydrogens is 240 g/mol. The first-order chi connectivity index (χ1) is 8.54. The van der Waals surface area contributed by atoms with Crippen molar-refractivity contribution in [2.45, 2.75) is 19.3 Å². The van der Waals surface area contributed by atoms with E-state index < -0.39 is 17.9 Å². The molecule has 7 nitrogen and oxygen atoms in total. The molecule has 1 aliphatic rings. The van der Waals surface area contributed by atoms with Gasteiger partial charge in [0.05, 0.1) is 19.4 Å². The molecule has 0 aliphatic carbocycles. The first-order valence-corrected chi connectivity index (χ1v) is 5.87. The molecule has 0 unspecified atom stereocenters. The maximum absolute atomic E-state index is 11.7. The predicted molar refractivity (Wildman–Crippen MR) is 62.0 cm³/mol. The van der Waals surface area contributed by atoms with Gasteiger partial charge in [-0.2, -0.15) is 0 Å². The number of carbonyl (C=O) groups excluding carboxylic acids is 2. The van der Waals surface area contributed by atoms with Crippen molar-refractivity contribution in [1.82, 2.24) is 10.2 Å². The molecule has 102 valence electrons. The van der Waals surface area contributed by atoms with Gasteiger partial charge in [-0.05, 0) is 12.8 Å². The van der Waals surface area contributed by atoms with Gasteiger partial charge in [-0.1, -0.05) is 0 Å². The molecule has 7 heteroatoms. The van der Waals surface area contributed by atoms with Gasteiger partial charge in [0.15, 0.2) is 0 Å². The Morgan fingerprint density at radius 2 is 2.17 bits per heavy atom. The second kappa shape index (κ2) is 6.83. The number of likely N-dealkylation sites (tertiary alicyclic amines) is 1. The molecule has 1 fully saturated rings. The predicted octanol–water partition coefficient (Wildman–Crippen LogP) is 0.0557. The van der Waals surface area contributed by atoms with Crippen molar-refractivity contribution in [1.29, 1.82) is 0 Å². The number of nitrogens with zero attached hydrogens (tertiary/aromatic N) is 1. The molecule has 18 heavy (non-hydrogen) atoms. The summed E-state index contributed by atoms with van der Waals surface area (Å²) in [4.78, 5) is 34.9. The van der Waals surface area contributed by atoms with Crippen LogP contribution in [0.25, 0.3) is 0 Å². The van der Waals surface area contributed by atoms with E-state index in [1.807, 2.05) is 0 Å². The maximum Gasteiger partial charge on any atom is 0.317 e. The number of methoxy groups -OCH3 is 1. The van der Waals surface area contributed by atoms with Crippen LogP contribution in [0.15, 0.2) is 0 Å². The Hall–Kier alpha value is -1.79. The third kappa shape index (κ3) is 4.23. The van der Waals surface area contributed by atoms with Crippen LogP contribution < -0.4 is 5.32 Å². The van der Waals surface area contributed by atoms with E-state index in [0.717, 1.165) is 0 Å². The van der Waals surface area contributed by atoms with Crippen molar-refractivity contribution in [3.05, 3.63) is 0 Å². The standard InChI is InChI=1S/C11H18N2O5/c1-18-9(14)4-5-12-11(17)13-6-2-3-8(7-13)10(15)16/h8H,2-7H2,1H3,(H,12,17)(H,15,16)/t8-/m0/s1. The van der Waals surface area contributed by atoms with Crippen LogP contribution in [0.2, 0.25) is 0 Å². The number of nitrogens with one attached hydrogen (secondary N) is 1. The van der Waals surface area contributed by atoms with E-state index >= 15 is 0 Å². The number of urea groups is 1. The van der Waals surface area contributed by atoms with Gasteiger partial charge in [0.2, 0.25) is 0 Å². The topological polar surface area (TPSA) is 95.9 Å². The third-order valence-electron chi connectivity index (χ3n) is 2.89. The van der Waals surface area contributed by atoms with Crippen molar-refractivity contribution in [3.8, 4) is 0 Å². The molecule has 1 heterocycles. The lowest BCUT2D eigenvalue weighted by Crippen LogP contribution is -2.47. The molecule has 0 aromatic rings. The highest BCUT2D eigenvalue weighted by Crippen LogP contribution is 2.16. The van der Waals surface area contributed by atoms with Gasteiger partial charge >= 0.3 is 18.0 Å². The highest BCUT2D eigenvalue weighted by molar-refractivity contribution is 5.77. The maximum atomic E-state index is 11.7. The molecular formula is C11H18N2O5. The SMILES string of the molecule is COC(=O)CCNC(=O)N1CCC[C@H](C(=O)O)C1. The molecule has 2 amide bonds. The minimum atomic E-state index is -0.873. The molecule has 0 bridgehead atoms. The fraction of sp³-hybridized carbons (Fsp3) is 0.727. The molecule has 1 atom stereocenters. The zero-order valence-corrected chi connectivity index (χ0v) is 10.3. The fourth-order valence-electron chi connectivity index (χ4n) is 1.85. The Kier molecular flexibility index (Phi) is 5.41. The zero-order valence-electron chi connectivity index (χ0n) is 10.3. The van der Waals surface area contributed by atoms with Crippen molar-refractivity contribution >= 4 is 18.0 Å². The smallest absolute Gasteiger partial charge is 0.317 e. The number of carboxylic acids is 1. The Morgan fingerprint density at radius 3 is 2.78 bits per heavy atom. The first kappa shape index (κ1) is 14.3. The summed E-state index contributed by atoms with van der Waals surface area (Å²) in [5.74, 6) is -1.76. The number of ether oxygens (including phenoxy) is 1. The van der Waals surface area contributed by atoms with Gasteiger partial charge in [-0.25, -0.2) is 4.79 Å². The minimum Gasteiger partial charge on any atom is -0.481 e. The Bertz CT molecular complexity index is 331. The highest BCUT2D eigenvalue weighted by atomic mass is 16.5. The molecule has 2 N–H and O–H groups in total. The molecule has 0 aromatic heterocycles. The summed E-state index contributed by atoms with van der Waals surface area (Å²) >= 11 is 0. The average Bonchev–Trinajstić information content (AvgIpc) is 2.38. The normalized spacial score (nSPS) is 19.2. The van der Waals surface area contributed by atoms with Crippen LogP contribution in [0.4, 0.5) is 4.79 Å². The molecule has 0 aromatic carbocycles. The first-order valence-electron chi connectivity index (χ1n) is 5.87. The summed E-state index contributed by atoms with van der Waals surface area (Å²) in [6.07, 6.45) is 1.39. The van der Waals surface area contributed by atoms with Crippen LogP contribution in [0, 0.1) is 5.92 Å². The summed E-state index contributed by atoms with van der Waals surface area (Å²) in [7, 11) is 1.28. The van der Waals surface area contributed by atoms with Crippen LogP contribution in [0.3, 0.4) is 0 Å². The van der Waals surface area contributed by atoms with Gasteiger partial charge in [-0.3, -0.25) is 9.59 Å². The van der Waals surface area contributed by atoms with Gasteiger partial charge < -0.3 is 20.1 Å². The van der Waals surface area contributed by atoms with E-state index in [2.05, 4.69) is 10.1 Å². The number of aliphatic carboxylic acids is 1. The van der Waals surface area contributed by atoms with Crippen LogP contribution in [-0.4, -0.2) is 54.7 Å². The van der Waals surface area contributed by atoms with Gasteiger partial charge in [0, 0.05) is 19.6 Å². The Morgan fingerprint density at radius 1 is 1.44 bits per heavy atom. The van der Waals surface area contributed by atoms with Gasteiger partial charge in [0.1, 0.15) is 0 Å². The number of rotatable bonds is 4. The van der Waals surface area contributed by atoms with E-state index in [4.69, 9.17) is 5.11 Å². The lowest BCUT2D eigenvalue weighted by molar-refractivity contribution is -0.143. The van der Waals surface area contributed by atoms with E-state index in [1.54, 1.807) is 0 Å². The lowest BCUT2D eigenvalue weighted by atomic mass is 9.99. The number of hydrogen-bond donors (Lipinski definition) is 2. The number of hydrogen-bond acceptors (Lipinski definition) is 4. The van der Waals surface area contributed by atoms with E-state index in [9.17, 15) is 14.4 Å². The average molecular weight is 258 g/mol.